The van der Waals surface area contributed by atoms with Gasteiger partial charge in [0.15, 0.2) is 11.5 Å². The van der Waals surface area contributed by atoms with E-state index in [0.29, 0.717) is 29.3 Å². The molecule has 26 heavy (non-hydrogen) atoms. The third-order valence-electron chi connectivity index (χ3n) is 4.25. The van der Waals surface area contributed by atoms with Gasteiger partial charge in [0, 0.05) is 12.1 Å². The van der Waals surface area contributed by atoms with Gasteiger partial charge in [-0.1, -0.05) is 24.3 Å². The Balaban J connectivity index is 2.11. The molecule has 0 aliphatic heterocycles. The molecule has 0 saturated heterocycles. The van der Waals surface area contributed by atoms with Gasteiger partial charge >= 0.3 is 0 Å². The van der Waals surface area contributed by atoms with Gasteiger partial charge in [0.1, 0.15) is 6.07 Å². The Hall–Kier alpha value is -3.04. The van der Waals surface area contributed by atoms with E-state index in [0.717, 1.165) is 5.56 Å². The van der Waals surface area contributed by atoms with Gasteiger partial charge in [0.2, 0.25) is 5.91 Å². The summed E-state index contributed by atoms with van der Waals surface area (Å²) in [6.45, 7) is 2.33. The maximum atomic E-state index is 12.6. The first kappa shape index (κ1) is 19.3. The van der Waals surface area contributed by atoms with Crippen LogP contribution in [0.15, 0.2) is 42.5 Å². The van der Waals surface area contributed by atoms with E-state index in [-0.39, 0.29) is 5.91 Å². The molecular formula is C20H23N3O3. The Morgan fingerprint density at radius 2 is 1.92 bits per heavy atom. The molecule has 0 fully saturated rings. The van der Waals surface area contributed by atoms with Crippen LogP contribution in [0.4, 0.5) is 5.69 Å². The molecule has 0 saturated carbocycles. The second-order valence-corrected chi connectivity index (χ2v) is 5.89. The van der Waals surface area contributed by atoms with E-state index >= 15 is 0 Å². The summed E-state index contributed by atoms with van der Waals surface area (Å²) < 4.78 is 10.8. The van der Waals surface area contributed by atoms with Crippen LogP contribution < -0.4 is 14.8 Å². The number of likely N-dealkylation sites (N-methyl/N-ethyl adjacent to an activating group) is 1. The lowest BCUT2D eigenvalue weighted by Crippen LogP contribution is -2.39. The molecule has 0 radical (unpaired) electrons. The number of benzene rings is 2. The summed E-state index contributed by atoms with van der Waals surface area (Å²) in [7, 11) is 5.05. The van der Waals surface area contributed by atoms with Crippen LogP contribution in [0.1, 0.15) is 18.1 Å². The number of methoxy groups -OCH3 is 2. The number of ether oxygens (including phenoxy) is 2. The van der Waals surface area contributed by atoms with Crippen molar-refractivity contribution < 1.29 is 14.3 Å². The number of carbonyl (C=O) groups is 1. The number of nitrogens with zero attached hydrogens (tertiary/aromatic N) is 2. The highest BCUT2D eigenvalue weighted by molar-refractivity contribution is 5.95. The molecule has 0 spiro atoms. The predicted molar refractivity (Wildman–Crippen MR) is 100 cm³/mol. The van der Waals surface area contributed by atoms with Crippen LogP contribution in [-0.2, 0) is 11.3 Å². The standard InChI is InChI=1S/C20H23N3O3/c1-14(20(24)22-17-10-6-5-8-15(17)12-21)23(2)13-16-9-7-11-18(25-3)19(16)26-4/h5-11,14H,13H2,1-4H3,(H,22,24)/t14-/m1/s1. The van der Waals surface area contributed by atoms with Gasteiger partial charge < -0.3 is 14.8 Å². The van der Waals surface area contributed by atoms with E-state index in [9.17, 15) is 4.79 Å². The van der Waals surface area contributed by atoms with Crippen molar-refractivity contribution in [3.05, 3.63) is 53.6 Å². The molecule has 0 heterocycles. The molecule has 6 nitrogen and oxygen atoms in total. The summed E-state index contributed by atoms with van der Waals surface area (Å²) in [5.74, 6) is 1.12. The summed E-state index contributed by atoms with van der Waals surface area (Å²) in [6.07, 6.45) is 0. The second kappa shape index (κ2) is 8.88. The van der Waals surface area contributed by atoms with E-state index in [2.05, 4.69) is 11.4 Å². The van der Waals surface area contributed by atoms with Gasteiger partial charge in [0.05, 0.1) is 31.5 Å². The molecule has 1 N–H and O–H groups in total. The molecule has 0 aromatic heterocycles. The van der Waals surface area contributed by atoms with E-state index in [1.807, 2.05) is 37.1 Å². The first-order valence-corrected chi connectivity index (χ1v) is 8.22. The number of nitriles is 1. The van der Waals surface area contributed by atoms with Crippen molar-refractivity contribution in [2.75, 3.05) is 26.6 Å². The molecule has 6 heteroatoms. The van der Waals surface area contributed by atoms with Gasteiger partial charge in [-0.25, -0.2) is 0 Å². The molecule has 1 amide bonds. The Morgan fingerprint density at radius 3 is 2.58 bits per heavy atom. The molecule has 2 aromatic rings. The number of hydrogen-bond acceptors (Lipinski definition) is 5. The first-order valence-electron chi connectivity index (χ1n) is 8.22. The highest BCUT2D eigenvalue weighted by Crippen LogP contribution is 2.31. The van der Waals surface area contributed by atoms with Crippen LogP contribution in [0, 0.1) is 11.3 Å². The van der Waals surface area contributed by atoms with Crippen LogP contribution in [0.5, 0.6) is 11.5 Å². The largest absolute Gasteiger partial charge is 0.493 e. The number of nitrogens with one attached hydrogen (secondary N) is 1. The fourth-order valence-corrected chi connectivity index (χ4v) is 2.61. The lowest BCUT2D eigenvalue weighted by molar-refractivity contribution is -0.120. The maximum absolute atomic E-state index is 12.6. The second-order valence-electron chi connectivity index (χ2n) is 5.89. The van der Waals surface area contributed by atoms with Gasteiger partial charge in [0.25, 0.3) is 0 Å². The van der Waals surface area contributed by atoms with E-state index in [1.165, 1.54) is 0 Å². The highest BCUT2D eigenvalue weighted by Gasteiger charge is 2.21. The minimum atomic E-state index is -0.405. The molecule has 0 aliphatic carbocycles. The number of para-hydroxylation sites is 2. The highest BCUT2D eigenvalue weighted by atomic mass is 16.5. The number of carbonyl (C=O) groups excluding carboxylic acids is 1. The molecule has 1 atom stereocenters. The van der Waals surface area contributed by atoms with Crippen LogP contribution in [0.2, 0.25) is 0 Å². The summed E-state index contributed by atoms with van der Waals surface area (Å²) >= 11 is 0. The Bertz CT molecular complexity index is 814. The van der Waals surface area contributed by atoms with Crippen LogP contribution in [0.25, 0.3) is 0 Å². The number of hydrogen-bond donors (Lipinski definition) is 1. The van der Waals surface area contributed by atoms with Crippen LogP contribution in [0.3, 0.4) is 0 Å². The molecule has 0 aliphatic rings. The zero-order valence-corrected chi connectivity index (χ0v) is 15.4. The summed E-state index contributed by atoms with van der Waals surface area (Å²) in [6, 6.07) is 14.3. The van der Waals surface area contributed by atoms with Gasteiger partial charge in [-0.15, -0.1) is 0 Å². The van der Waals surface area contributed by atoms with Gasteiger partial charge in [-0.05, 0) is 32.2 Å². The Labute approximate surface area is 153 Å². The molecule has 2 aromatic carbocycles. The summed E-state index contributed by atoms with van der Waals surface area (Å²) in [4.78, 5) is 14.5. The van der Waals surface area contributed by atoms with Crippen LogP contribution >= 0.6 is 0 Å². The zero-order chi connectivity index (χ0) is 19.1. The fraction of sp³-hybridized carbons (Fsp3) is 0.300. The van der Waals surface area contributed by atoms with Crippen molar-refractivity contribution in [1.29, 1.82) is 5.26 Å². The Kier molecular flexibility index (Phi) is 6.59. The summed E-state index contributed by atoms with van der Waals surface area (Å²) in [5, 5.41) is 12.0. The van der Waals surface area contributed by atoms with Gasteiger partial charge in [-0.3, -0.25) is 9.69 Å². The smallest absolute Gasteiger partial charge is 0.241 e. The number of anilines is 1. The van der Waals surface area contributed by atoms with Crippen molar-refractivity contribution in [3.63, 3.8) is 0 Å². The van der Waals surface area contributed by atoms with Crippen molar-refractivity contribution >= 4 is 11.6 Å². The quantitative estimate of drug-likeness (QED) is 0.828. The minimum Gasteiger partial charge on any atom is -0.493 e. The first-order chi connectivity index (χ1) is 12.5. The number of rotatable bonds is 7. The topological polar surface area (TPSA) is 74.6 Å². The van der Waals surface area contributed by atoms with E-state index in [4.69, 9.17) is 14.7 Å². The number of amides is 1. The van der Waals surface area contributed by atoms with Crippen molar-refractivity contribution in [3.8, 4) is 17.6 Å². The Morgan fingerprint density at radius 1 is 1.19 bits per heavy atom. The lowest BCUT2D eigenvalue weighted by Gasteiger charge is -2.25. The average Bonchev–Trinajstić information content (AvgIpc) is 2.67. The molecular weight excluding hydrogens is 330 g/mol. The molecule has 2 rings (SSSR count). The zero-order valence-electron chi connectivity index (χ0n) is 15.4. The van der Waals surface area contributed by atoms with Crippen molar-refractivity contribution in [1.82, 2.24) is 4.90 Å². The normalized spacial score (nSPS) is 11.5. The lowest BCUT2D eigenvalue weighted by atomic mass is 10.1. The summed E-state index contributed by atoms with van der Waals surface area (Å²) in [5.41, 5.74) is 1.87. The van der Waals surface area contributed by atoms with Crippen molar-refractivity contribution in [2.24, 2.45) is 0 Å². The van der Waals surface area contributed by atoms with E-state index in [1.54, 1.807) is 38.5 Å². The monoisotopic (exact) mass is 353 g/mol. The van der Waals surface area contributed by atoms with Crippen LogP contribution in [-0.4, -0.2) is 38.1 Å². The molecule has 0 unspecified atom stereocenters. The minimum absolute atomic E-state index is 0.183. The predicted octanol–water partition coefficient (Wildman–Crippen LogP) is 3.03. The van der Waals surface area contributed by atoms with Gasteiger partial charge in [-0.2, -0.15) is 5.26 Å². The SMILES string of the molecule is COc1cccc(CN(C)[C@H](C)C(=O)Nc2ccccc2C#N)c1OC. The molecule has 0 bridgehead atoms. The van der Waals surface area contributed by atoms with Crippen molar-refractivity contribution in [2.45, 2.75) is 19.5 Å². The third kappa shape index (κ3) is 4.32. The third-order valence-corrected chi connectivity index (χ3v) is 4.25. The maximum Gasteiger partial charge on any atom is 0.241 e. The molecule has 136 valence electrons. The average molecular weight is 353 g/mol. The van der Waals surface area contributed by atoms with E-state index < -0.39 is 6.04 Å². The fourth-order valence-electron chi connectivity index (χ4n) is 2.61.